The van der Waals surface area contributed by atoms with E-state index in [0.717, 1.165) is 36.4 Å². The van der Waals surface area contributed by atoms with E-state index in [1.54, 1.807) is 0 Å². The van der Waals surface area contributed by atoms with Gasteiger partial charge in [0, 0.05) is 18.3 Å². The Morgan fingerprint density at radius 2 is 2.29 bits per heavy atom. The second-order valence-electron chi connectivity index (χ2n) is 3.48. The van der Waals surface area contributed by atoms with E-state index in [0.29, 0.717) is 10.8 Å². The molecule has 2 aliphatic rings. The van der Waals surface area contributed by atoms with Crippen LogP contribution >= 0.6 is 11.6 Å². The number of benzene rings is 1. The first-order valence-corrected chi connectivity index (χ1v) is 5.09. The number of hydrogen-bond donors (Lipinski definition) is 1. The van der Waals surface area contributed by atoms with Crippen molar-refractivity contribution < 1.29 is 9.47 Å². The second-order valence-corrected chi connectivity index (χ2v) is 3.86. The maximum Gasteiger partial charge on any atom is 0.231 e. The molecule has 0 saturated heterocycles. The molecule has 0 radical (unpaired) electrons. The lowest BCUT2D eigenvalue weighted by Gasteiger charge is -2.19. The Morgan fingerprint density at radius 3 is 3.21 bits per heavy atom. The topological polar surface area (TPSA) is 30.5 Å². The molecule has 74 valence electrons. The molecule has 3 nitrogen and oxygen atoms in total. The molecular formula is C10H10ClNO2. The van der Waals surface area contributed by atoms with Gasteiger partial charge in [0.25, 0.3) is 0 Å². The zero-order valence-electron chi connectivity index (χ0n) is 7.60. The first-order chi connectivity index (χ1) is 6.86. The minimum Gasteiger partial charge on any atom is -0.453 e. The van der Waals surface area contributed by atoms with Gasteiger partial charge in [-0.2, -0.15) is 0 Å². The van der Waals surface area contributed by atoms with E-state index < -0.39 is 0 Å². The van der Waals surface area contributed by atoms with Gasteiger partial charge in [0.1, 0.15) is 0 Å². The van der Waals surface area contributed by atoms with Gasteiger partial charge in [-0.25, -0.2) is 0 Å². The average molecular weight is 212 g/mol. The van der Waals surface area contributed by atoms with Gasteiger partial charge in [0.05, 0.1) is 5.02 Å². The molecule has 0 amide bonds. The van der Waals surface area contributed by atoms with Crippen LogP contribution in [-0.4, -0.2) is 13.3 Å². The summed E-state index contributed by atoms with van der Waals surface area (Å²) in [6, 6.07) is 1.97. The first kappa shape index (κ1) is 8.24. The van der Waals surface area contributed by atoms with Gasteiger partial charge >= 0.3 is 0 Å². The van der Waals surface area contributed by atoms with Gasteiger partial charge in [0.15, 0.2) is 11.5 Å². The standard InChI is InChI=1S/C10H10ClNO2/c11-9-6-2-1-3-12-7(6)4-8-10(9)14-5-13-8/h4,12H,1-3,5H2. The summed E-state index contributed by atoms with van der Waals surface area (Å²) in [5.74, 6) is 1.46. The summed E-state index contributed by atoms with van der Waals surface area (Å²) in [7, 11) is 0. The number of fused-ring (bicyclic) bond motifs is 2. The van der Waals surface area contributed by atoms with E-state index in [-0.39, 0.29) is 6.79 Å². The Morgan fingerprint density at radius 1 is 1.36 bits per heavy atom. The first-order valence-electron chi connectivity index (χ1n) is 4.71. The Labute approximate surface area is 87.0 Å². The van der Waals surface area contributed by atoms with Crippen molar-refractivity contribution in [3.05, 3.63) is 16.7 Å². The third-order valence-corrected chi connectivity index (χ3v) is 3.03. The fourth-order valence-electron chi connectivity index (χ4n) is 1.93. The highest BCUT2D eigenvalue weighted by molar-refractivity contribution is 6.33. The van der Waals surface area contributed by atoms with Crippen molar-refractivity contribution in [1.82, 2.24) is 0 Å². The van der Waals surface area contributed by atoms with Gasteiger partial charge in [0.2, 0.25) is 6.79 Å². The summed E-state index contributed by atoms with van der Waals surface area (Å²) in [6.07, 6.45) is 2.13. The molecule has 0 fully saturated rings. The smallest absolute Gasteiger partial charge is 0.231 e. The number of ether oxygens (including phenoxy) is 2. The highest BCUT2D eigenvalue weighted by Crippen LogP contribution is 2.45. The van der Waals surface area contributed by atoms with Crippen molar-refractivity contribution in [3.8, 4) is 11.5 Å². The van der Waals surface area contributed by atoms with Crippen LogP contribution in [0.3, 0.4) is 0 Å². The molecule has 0 saturated carbocycles. The Balaban J connectivity index is 2.20. The second kappa shape index (κ2) is 2.95. The molecule has 0 aliphatic carbocycles. The molecular weight excluding hydrogens is 202 g/mol. The van der Waals surface area contributed by atoms with Crippen LogP contribution in [0.25, 0.3) is 0 Å². The molecule has 2 heterocycles. The van der Waals surface area contributed by atoms with Crippen LogP contribution in [-0.2, 0) is 6.42 Å². The quantitative estimate of drug-likeness (QED) is 0.715. The number of rotatable bonds is 0. The van der Waals surface area contributed by atoms with Gasteiger partial charge in [-0.1, -0.05) is 11.6 Å². The maximum atomic E-state index is 6.23. The fourth-order valence-corrected chi connectivity index (χ4v) is 2.28. The summed E-state index contributed by atoms with van der Waals surface area (Å²) in [4.78, 5) is 0. The van der Waals surface area contributed by atoms with E-state index in [2.05, 4.69) is 5.32 Å². The molecule has 1 aromatic rings. The molecule has 14 heavy (non-hydrogen) atoms. The molecule has 0 aromatic heterocycles. The highest BCUT2D eigenvalue weighted by Gasteiger charge is 2.24. The molecule has 0 bridgehead atoms. The predicted octanol–water partition coefficient (Wildman–Crippen LogP) is 2.43. The number of nitrogens with one attached hydrogen (secondary N) is 1. The molecule has 0 unspecified atom stereocenters. The van der Waals surface area contributed by atoms with Gasteiger partial charge in [-0.05, 0) is 18.4 Å². The Bertz CT molecular complexity index is 392. The van der Waals surface area contributed by atoms with E-state index in [1.807, 2.05) is 6.07 Å². The van der Waals surface area contributed by atoms with Crippen LogP contribution in [0.5, 0.6) is 11.5 Å². The molecule has 4 heteroatoms. The van der Waals surface area contributed by atoms with Crippen molar-refractivity contribution in [2.24, 2.45) is 0 Å². The zero-order chi connectivity index (χ0) is 9.54. The minimum atomic E-state index is 0.276. The molecule has 0 spiro atoms. The van der Waals surface area contributed by atoms with Crippen molar-refractivity contribution in [1.29, 1.82) is 0 Å². The third kappa shape index (κ3) is 1.05. The van der Waals surface area contributed by atoms with Crippen LogP contribution in [0.1, 0.15) is 12.0 Å². The van der Waals surface area contributed by atoms with Gasteiger partial charge < -0.3 is 14.8 Å². The number of anilines is 1. The van der Waals surface area contributed by atoms with Crippen molar-refractivity contribution in [3.63, 3.8) is 0 Å². The van der Waals surface area contributed by atoms with Crippen molar-refractivity contribution in [2.45, 2.75) is 12.8 Å². The van der Waals surface area contributed by atoms with E-state index >= 15 is 0 Å². The molecule has 3 rings (SSSR count). The average Bonchev–Trinajstić information content (AvgIpc) is 2.66. The normalized spacial score (nSPS) is 17.5. The Hall–Kier alpha value is -1.09. The van der Waals surface area contributed by atoms with E-state index in [1.165, 1.54) is 0 Å². The Kier molecular flexibility index (Phi) is 1.74. The van der Waals surface area contributed by atoms with Crippen molar-refractivity contribution in [2.75, 3.05) is 18.7 Å². The summed E-state index contributed by atoms with van der Waals surface area (Å²) in [5, 5.41) is 4.02. The summed E-state index contributed by atoms with van der Waals surface area (Å²) in [6.45, 7) is 1.28. The van der Waals surface area contributed by atoms with Crippen LogP contribution in [0.4, 0.5) is 5.69 Å². The molecule has 0 atom stereocenters. The van der Waals surface area contributed by atoms with E-state index in [4.69, 9.17) is 21.1 Å². The van der Waals surface area contributed by atoms with Crippen molar-refractivity contribution >= 4 is 17.3 Å². The summed E-state index contributed by atoms with van der Waals surface area (Å²) >= 11 is 6.23. The summed E-state index contributed by atoms with van der Waals surface area (Å²) in [5.41, 5.74) is 2.24. The van der Waals surface area contributed by atoms with Crippen LogP contribution in [0, 0.1) is 0 Å². The third-order valence-electron chi connectivity index (χ3n) is 2.63. The number of halogens is 1. The molecule has 1 N–H and O–H groups in total. The lowest BCUT2D eigenvalue weighted by molar-refractivity contribution is 0.174. The maximum absolute atomic E-state index is 6.23. The fraction of sp³-hybridized carbons (Fsp3) is 0.400. The van der Waals surface area contributed by atoms with Crippen LogP contribution in [0.15, 0.2) is 6.07 Å². The minimum absolute atomic E-state index is 0.276. The SMILES string of the molecule is Clc1c2c(cc3c1OCO3)NCCC2. The lowest BCUT2D eigenvalue weighted by atomic mass is 10.0. The van der Waals surface area contributed by atoms with Gasteiger partial charge in [-0.15, -0.1) is 0 Å². The van der Waals surface area contributed by atoms with Crippen LogP contribution in [0.2, 0.25) is 5.02 Å². The number of hydrogen-bond acceptors (Lipinski definition) is 3. The molecule has 1 aromatic carbocycles. The highest BCUT2D eigenvalue weighted by atomic mass is 35.5. The molecule has 2 aliphatic heterocycles. The van der Waals surface area contributed by atoms with E-state index in [9.17, 15) is 0 Å². The predicted molar refractivity (Wildman–Crippen MR) is 54.4 cm³/mol. The summed E-state index contributed by atoms with van der Waals surface area (Å²) < 4.78 is 10.6. The lowest BCUT2D eigenvalue weighted by Crippen LogP contribution is -2.11. The van der Waals surface area contributed by atoms with Crippen LogP contribution < -0.4 is 14.8 Å². The van der Waals surface area contributed by atoms with Gasteiger partial charge in [-0.3, -0.25) is 0 Å². The zero-order valence-corrected chi connectivity index (χ0v) is 8.36. The monoisotopic (exact) mass is 211 g/mol. The largest absolute Gasteiger partial charge is 0.453 e.